The molecule has 0 bridgehead atoms. The molecule has 0 aromatic heterocycles. The third-order valence-corrected chi connectivity index (χ3v) is 4.61. The van der Waals surface area contributed by atoms with Crippen molar-refractivity contribution >= 4 is 22.6 Å². The van der Waals surface area contributed by atoms with E-state index in [4.69, 9.17) is 0 Å². The number of nitrogens with zero attached hydrogens (tertiary/aromatic N) is 1. The first-order chi connectivity index (χ1) is 8.50. The average Bonchev–Trinajstić information content (AvgIpc) is 2.38. The number of nitrogens with one attached hydrogen (secondary N) is 1. The molecule has 2 nitrogen and oxygen atoms in total. The van der Waals surface area contributed by atoms with E-state index in [1.54, 1.807) is 0 Å². The van der Waals surface area contributed by atoms with Crippen molar-refractivity contribution < 1.29 is 13.2 Å². The van der Waals surface area contributed by atoms with Gasteiger partial charge in [0.15, 0.2) is 0 Å². The van der Waals surface area contributed by atoms with Crippen LogP contribution >= 0.6 is 22.6 Å². The maximum atomic E-state index is 13.0. The van der Waals surface area contributed by atoms with E-state index in [-0.39, 0.29) is 10.5 Å². The topological polar surface area (TPSA) is 15.3 Å². The van der Waals surface area contributed by atoms with Gasteiger partial charge in [0.25, 0.3) is 0 Å². The Morgan fingerprint density at radius 3 is 2.56 bits per heavy atom. The highest BCUT2D eigenvalue weighted by molar-refractivity contribution is 14.1. The molecule has 1 N–H and O–H groups in total. The summed E-state index contributed by atoms with van der Waals surface area (Å²) in [7, 11) is 0. The summed E-state index contributed by atoms with van der Waals surface area (Å²) in [5.41, 5.74) is 0.932. The summed E-state index contributed by atoms with van der Waals surface area (Å²) in [5, 5.41) is 3.04. The molecule has 2 rings (SSSR count). The predicted molar refractivity (Wildman–Crippen MR) is 72.6 cm³/mol. The van der Waals surface area contributed by atoms with E-state index < -0.39 is 12.3 Å². The minimum atomic E-state index is -4.26. The number of hydrogen-bond acceptors (Lipinski definition) is 2. The van der Waals surface area contributed by atoms with Crippen molar-refractivity contribution in [3.05, 3.63) is 35.9 Å². The molecule has 2 atom stereocenters. The van der Waals surface area contributed by atoms with Crippen LogP contribution in [0.3, 0.4) is 0 Å². The van der Waals surface area contributed by atoms with Crippen LogP contribution in [0.4, 0.5) is 13.2 Å². The van der Waals surface area contributed by atoms with Crippen molar-refractivity contribution in [1.82, 2.24) is 10.2 Å². The van der Waals surface area contributed by atoms with Crippen LogP contribution in [-0.2, 0) is 0 Å². The van der Waals surface area contributed by atoms with Crippen molar-refractivity contribution in [3.63, 3.8) is 0 Å². The van der Waals surface area contributed by atoms with Crippen LogP contribution in [-0.4, -0.2) is 36.9 Å². The second-order valence-corrected chi connectivity index (χ2v) is 5.59. The minimum Gasteiger partial charge on any atom is -0.314 e. The quantitative estimate of drug-likeness (QED) is 0.489. The molecular formula is C12H14F3IN2. The van der Waals surface area contributed by atoms with Gasteiger partial charge in [-0.05, 0) is 5.56 Å². The van der Waals surface area contributed by atoms with Crippen LogP contribution < -0.4 is 5.32 Å². The first-order valence-corrected chi connectivity index (χ1v) is 6.98. The van der Waals surface area contributed by atoms with E-state index in [0.717, 1.165) is 5.56 Å². The smallest absolute Gasteiger partial charge is 0.314 e. The molecular weight excluding hydrogens is 356 g/mol. The van der Waals surface area contributed by atoms with Crippen LogP contribution in [0.15, 0.2) is 30.3 Å². The molecule has 1 fully saturated rings. The van der Waals surface area contributed by atoms with Crippen molar-refractivity contribution in [2.75, 3.05) is 19.6 Å². The summed E-state index contributed by atoms with van der Waals surface area (Å²) in [6, 6.07) is 8.78. The van der Waals surface area contributed by atoms with E-state index in [1.165, 1.54) is 0 Å². The molecule has 1 aromatic rings. The van der Waals surface area contributed by atoms with Gasteiger partial charge in [0, 0.05) is 25.7 Å². The van der Waals surface area contributed by atoms with Gasteiger partial charge in [0.05, 0.1) is 3.92 Å². The lowest BCUT2D eigenvalue weighted by atomic mass is 10.0. The van der Waals surface area contributed by atoms with E-state index in [1.807, 2.05) is 30.3 Å². The standard InChI is InChI=1S/C12H14F3IN2/c13-12(14,15)18-7-6-17-8-10(18)11(16)9-4-2-1-3-5-9/h1-5,10-11,17H,6-8H2. The van der Waals surface area contributed by atoms with Crippen LogP contribution in [0.25, 0.3) is 0 Å². The zero-order valence-corrected chi connectivity index (χ0v) is 11.8. The lowest BCUT2D eigenvalue weighted by Gasteiger charge is -2.39. The average molecular weight is 370 g/mol. The Labute approximate surface area is 118 Å². The molecule has 1 saturated heterocycles. The Morgan fingerprint density at radius 2 is 1.94 bits per heavy atom. The predicted octanol–water partition coefficient (Wildman–Crippen LogP) is 2.96. The molecule has 1 aromatic carbocycles. The highest BCUT2D eigenvalue weighted by Gasteiger charge is 2.45. The number of hydrogen-bond donors (Lipinski definition) is 1. The fourth-order valence-corrected chi connectivity index (χ4v) is 3.22. The van der Waals surface area contributed by atoms with Crippen molar-refractivity contribution in [2.45, 2.75) is 16.3 Å². The summed E-state index contributed by atoms with van der Waals surface area (Å²) in [6.07, 6.45) is -4.26. The minimum absolute atomic E-state index is 0.0144. The Hall–Kier alpha value is -0.340. The number of benzene rings is 1. The molecule has 100 valence electrons. The fraction of sp³-hybridized carbons (Fsp3) is 0.500. The Morgan fingerprint density at radius 1 is 1.28 bits per heavy atom. The van der Waals surface area contributed by atoms with Gasteiger partial charge in [-0.1, -0.05) is 52.9 Å². The maximum Gasteiger partial charge on any atom is 0.460 e. The molecule has 2 unspecified atom stereocenters. The lowest BCUT2D eigenvalue weighted by Crippen LogP contribution is -2.58. The monoisotopic (exact) mass is 370 g/mol. The summed E-state index contributed by atoms with van der Waals surface area (Å²) in [5.74, 6) is 0. The van der Waals surface area contributed by atoms with E-state index in [2.05, 4.69) is 27.9 Å². The zero-order valence-electron chi connectivity index (χ0n) is 9.62. The summed E-state index contributed by atoms with van der Waals surface area (Å²) >= 11 is 2.10. The molecule has 18 heavy (non-hydrogen) atoms. The van der Waals surface area contributed by atoms with Gasteiger partial charge in [0.1, 0.15) is 0 Å². The first kappa shape index (κ1) is 14.1. The van der Waals surface area contributed by atoms with Gasteiger partial charge in [-0.15, -0.1) is 0 Å². The van der Waals surface area contributed by atoms with Gasteiger partial charge >= 0.3 is 6.30 Å². The summed E-state index contributed by atoms with van der Waals surface area (Å²) in [6.45, 7) is 0.761. The second kappa shape index (κ2) is 5.75. The molecule has 6 heteroatoms. The number of piperazine rings is 1. The van der Waals surface area contributed by atoms with Crippen molar-refractivity contribution in [2.24, 2.45) is 0 Å². The third-order valence-electron chi connectivity index (χ3n) is 3.06. The van der Waals surface area contributed by atoms with Crippen molar-refractivity contribution in [1.29, 1.82) is 0 Å². The molecule has 1 aliphatic heterocycles. The lowest BCUT2D eigenvalue weighted by molar-refractivity contribution is -0.261. The molecule has 0 spiro atoms. The van der Waals surface area contributed by atoms with Gasteiger partial charge in [-0.25, -0.2) is 4.90 Å². The fourth-order valence-electron chi connectivity index (χ4n) is 2.16. The Kier molecular flexibility index (Phi) is 4.50. The van der Waals surface area contributed by atoms with E-state index in [9.17, 15) is 13.2 Å². The number of rotatable bonds is 2. The molecule has 0 amide bonds. The Balaban J connectivity index is 2.19. The third kappa shape index (κ3) is 3.16. The van der Waals surface area contributed by atoms with Crippen molar-refractivity contribution in [3.8, 4) is 0 Å². The van der Waals surface area contributed by atoms with Gasteiger partial charge < -0.3 is 5.32 Å². The maximum absolute atomic E-state index is 13.0. The van der Waals surface area contributed by atoms with E-state index >= 15 is 0 Å². The molecule has 1 aliphatic rings. The van der Waals surface area contributed by atoms with E-state index in [0.29, 0.717) is 18.0 Å². The molecule has 1 heterocycles. The van der Waals surface area contributed by atoms with Crippen LogP contribution in [0.2, 0.25) is 0 Å². The number of alkyl halides is 4. The SMILES string of the molecule is FC(F)(F)N1CCNCC1C(I)c1ccccc1. The molecule has 0 radical (unpaired) electrons. The Bertz CT molecular complexity index is 383. The van der Waals surface area contributed by atoms with Gasteiger partial charge in [0.2, 0.25) is 0 Å². The number of halogens is 4. The van der Waals surface area contributed by atoms with Crippen LogP contribution in [0.5, 0.6) is 0 Å². The van der Waals surface area contributed by atoms with Crippen LogP contribution in [0, 0.1) is 0 Å². The largest absolute Gasteiger partial charge is 0.460 e. The molecule has 0 saturated carbocycles. The summed E-state index contributed by atoms with van der Waals surface area (Å²) in [4.78, 5) is 0.646. The van der Waals surface area contributed by atoms with Gasteiger partial charge in [-0.2, -0.15) is 13.2 Å². The molecule has 0 aliphatic carbocycles. The first-order valence-electron chi connectivity index (χ1n) is 5.73. The van der Waals surface area contributed by atoms with Crippen LogP contribution in [0.1, 0.15) is 9.49 Å². The zero-order chi connectivity index (χ0) is 13.2. The highest BCUT2D eigenvalue weighted by atomic mass is 127. The summed E-state index contributed by atoms with van der Waals surface area (Å²) < 4.78 is 38.7. The second-order valence-electron chi connectivity index (χ2n) is 4.25. The highest BCUT2D eigenvalue weighted by Crippen LogP contribution is 2.35. The normalized spacial score (nSPS) is 23.9. The van der Waals surface area contributed by atoms with Gasteiger partial charge in [-0.3, -0.25) is 0 Å².